The van der Waals surface area contributed by atoms with Crippen LogP contribution in [-0.4, -0.2) is 16.2 Å². The van der Waals surface area contributed by atoms with Crippen LogP contribution in [0.4, 0.5) is 0 Å². The first-order valence-electron chi connectivity index (χ1n) is 23.0. The van der Waals surface area contributed by atoms with Crippen LogP contribution in [-0.2, 0) is 6.54 Å². The summed E-state index contributed by atoms with van der Waals surface area (Å²) in [5.41, 5.74) is 23.4. The second-order valence-electron chi connectivity index (χ2n) is 17.1. The van der Waals surface area contributed by atoms with Crippen LogP contribution in [0.25, 0.3) is 93.9 Å². The third-order valence-corrected chi connectivity index (χ3v) is 13.0. The number of para-hydroxylation sites is 2. The predicted octanol–water partition coefficient (Wildman–Crippen LogP) is 15.7. The Bertz CT molecular complexity index is 3850. The molecule has 2 N–H and O–H groups in total. The van der Waals surface area contributed by atoms with Gasteiger partial charge in [-0.3, -0.25) is 4.99 Å². The molecule has 5 nitrogen and oxygen atoms in total. The first-order chi connectivity index (χ1) is 33.6. The van der Waals surface area contributed by atoms with Gasteiger partial charge in [-0.15, -0.1) is 0 Å². The van der Waals surface area contributed by atoms with E-state index in [2.05, 4.69) is 187 Å². The van der Waals surface area contributed by atoms with Gasteiger partial charge in [0.2, 0.25) is 0 Å². The molecule has 12 aromatic rings. The Morgan fingerprint density at radius 2 is 1.00 bits per heavy atom. The van der Waals surface area contributed by atoms with E-state index in [0.717, 1.165) is 105 Å². The van der Waals surface area contributed by atoms with E-state index in [1.165, 1.54) is 5.39 Å². The highest BCUT2D eigenvalue weighted by Crippen LogP contribution is 2.43. The van der Waals surface area contributed by atoms with Crippen LogP contribution in [0, 0.1) is 0 Å². The van der Waals surface area contributed by atoms with E-state index >= 15 is 0 Å². The summed E-state index contributed by atoms with van der Waals surface area (Å²) in [4.78, 5) is 10.3. The molecule has 0 saturated heterocycles. The minimum Gasteiger partial charge on any atom is -0.454 e. The third kappa shape index (κ3) is 7.42. The van der Waals surface area contributed by atoms with Gasteiger partial charge in [-0.25, -0.2) is 4.99 Å². The quantitative estimate of drug-likeness (QED) is 0.116. The Morgan fingerprint density at radius 1 is 0.426 bits per heavy atom. The third-order valence-electron chi connectivity index (χ3n) is 13.0. The molecule has 0 radical (unpaired) electrons. The highest BCUT2D eigenvalue weighted by atomic mass is 16.3. The van der Waals surface area contributed by atoms with Gasteiger partial charge in [-0.1, -0.05) is 194 Å². The fourth-order valence-corrected chi connectivity index (χ4v) is 9.66. The van der Waals surface area contributed by atoms with Crippen LogP contribution in [0.3, 0.4) is 0 Å². The monoisotopic (exact) mass is 872 g/mol. The van der Waals surface area contributed by atoms with Crippen molar-refractivity contribution in [1.82, 2.24) is 4.57 Å². The number of hydrogen-bond acceptors (Lipinski definition) is 2. The van der Waals surface area contributed by atoms with E-state index in [1.807, 2.05) is 60.7 Å². The maximum Gasteiger partial charge on any atom is 0.160 e. The molecule has 0 atom stereocenters. The second kappa shape index (κ2) is 17.4. The Morgan fingerprint density at radius 3 is 1.75 bits per heavy atom. The first-order valence-corrected chi connectivity index (χ1v) is 23.0. The lowest BCUT2D eigenvalue weighted by molar-refractivity contribution is 0.671. The van der Waals surface area contributed by atoms with Crippen molar-refractivity contribution in [3.05, 3.63) is 259 Å². The van der Waals surface area contributed by atoms with Gasteiger partial charge < -0.3 is 14.7 Å². The van der Waals surface area contributed by atoms with Crippen molar-refractivity contribution in [3.63, 3.8) is 0 Å². The van der Waals surface area contributed by atoms with Gasteiger partial charge >= 0.3 is 0 Å². The molecule has 10 aromatic carbocycles. The molecule has 0 aliphatic heterocycles. The molecule has 5 heteroatoms. The maximum atomic E-state index is 7.03. The van der Waals surface area contributed by atoms with Crippen molar-refractivity contribution in [2.75, 3.05) is 0 Å². The molecule has 0 fully saturated rings. The zero-order chi connectivity index (χ0) is 45.4. The van der Waals surface area contributed by atoms with Crippen molar-refractivity contribution in [1.29, 1.82) is 0 Å². The summed E-state index contributed by atoms with van der Waals surface area (Å²) in [5.74, 6) is 0.966. The van der Waals surface area contributed by atoms with Crippen LogP contribution in [0.5, 0.6) is 0 Å². The van der Waals surface area contributed by atoms with Crippen LogP contribution in [0.15, 0.2) is 257 Å². The number of amidine groups is 2. The summed E-state index contributed by atoms with van der Waals surface area (Å²) in [7, 11) is 0. The molecule has 12 rings (SSSR count). The van der Waals surface area contributed by atoms with Gasteiger partial charge in [0.15, 0.2) is 11.4 Å². The molecule has 0 amide bonds. The van der Waals surface area contributed by atoms with E-state index < -0.39 is 0 Å². The van der Waals surface area contributed by atoms with Crippen molar-refractivity contribution in [2.24, 2.45) is 15.7 Å². The van der Waals surface area contributed by atoms with E-state index in [4.69, 9.17) is 20.1 Å². The number of hydrogen-bond donors (Lipinski definition) is 1. The molecule has 322 valence electrons. The second-order valence-corrected chi connectivity index (χ2v) is 17.1. The zero-order valence-electron chi connectivity index (χ0n) is 37.1. The highest BCUT2D eigenvalue weighted by Gasteiger charge is 2.20. The number of nitrogens with zero attached hydrogens (tertiary/aromatic N) is 3. The topological polar surface area (TPSA) is 68.8 Å². The standard InChI is InChI=1S/C63H44N4O/c64-62(44-22-10-3-11-23-44)66-63(45-24-12-4-13-25-45)65-41-49-38-47(57-39-46(42-18-6-1-7-19-42)30-34-52(57)43-20-8-2-9-21-43)31-33-51(49)48-32-35-54-56-37-36-55-53-28-16-17-29-58(53)67(50-26-14-5-15-27-50)60(55)61(56)68-59(54)40-48/h1-40H,41H2,(H2,64,65,66). The lowest BCUT2D eigenvalue weighted by Gasteiger charge is -2.16. The van der Waals surface area contributed by atoms with Crippen molar-refractivity contribution in [3.8, 4) is 50.2 Å². The largest absolute Gasteiger partial charge is 0.454 e. The maximum absolute atomic E-state index is 7.03. The zero-order valence-corrected chi connectivity index (χ0v) is 37.1. The average Bonchev–Trinajstić information content (AvgIpc) is 3.96. The minimum atomic E-state index is 0.341. The average molecular weight is 873 g/mol. The van der Waals surface area contributed by atoms with Crippen LogP contribution >= 0.6 is 0 Å². The van der Waals surface area contributed by atoms with Crippen LogP contribution in [0.1, 0.15) is 16.7 Å². The summed E-state index contributed by atoms with van der Waals surface area (Å²) in [6.07, 6.45) is 0. The number of fused-ring (bicyclic) bond motifs is 7. The number of benzene rings is 10. The van der Waals surface area contributed by atoms with E-state index in [0.29, 0.717) is 18.2 Å². The molecule has 68 heavy (non-hydrogen) atoms. The number of nitrogens with two attached hydrogens (primary N) is 1. The SMILES string of the molecule is NC(=NC(=NCc1cc(-c2cc(-c3ccccc3)ccc2-c2ccccc2)ccc1-c1ccc2c(c1)oc1c2ccc2c3ccccc3n(-c3ccccc3)c21)c1ccccc1)c1ccccc1. The molecule has 0 saturated carbocycles. The van der Waals surface area contributed by atoms with E-state index in [9.17, 15) is 0 Å². The minimum absolute atomic E-state index is 0.341. The molecule has 2 aromatic heterocycles. The lowest BCUT2D eigenvalue weighted by Crippen LogP contribution is -2.16. The van der Waals surface area contributed by atoms with Crippen LogP contribution in [0.2, 0.25) is 0 Å². The molecular formula is C63H44N4O. The number of furan rings is 1. The Balaban J connectivity index is 1.05. The van der Waals surface area contributed by atoms with Gasteiger partial charge in [0, 0.05) is 38.4 Å². The molecule has 0 spiro atoms. The van der Waals surface area contributed by atoms with Gasteiger partial charge in [-0.2, -0.15) is 0 Å². The Hall–Kier alpha value is -9.06. The summed E-state index contributed by atoms with van der Waals surface area (Å²) >= 11 is 0. The van der Waals surface area contributed by atoms with Gasteiger partial charge in [0.25, 0.3) is 0 Å². The molecule has 2 heterocycles. The first kappa shape index (κ1) is 40.4. The summed E-state index contributed by atoms with van der Waals surface area (Å²) in [6.45, 7) is 0.341. The fourth-order valence-electron chi connectivity index (χ4n) is 9.66. The highest BCUT2D eigenvalue weighted by molar-refractivity contribution is 6.21. The van der Waals surface area contributed by atoms with Gasteiger partial charge in [0.05, 0.1) is 17.6 Å². The number of aliphatic imine (C=N–C) groups is 2. The number of rotatable bonds is 9. The molecule has 0 bridgehead atoms. The molecule has 0 aliphatic carbocycles. The molecule has 0 aliphatic rings. The normalized spacial score (nSPS) is 12.1. The summed E-state index contributed by atoms with van der Waals surface area (Å²) < 4.78 is 9.37. The fraction of sp³-hybridized carbons (Fsp3) is 0.0159. The van der Waals surface area contributed by atoms with Crippen molar-refractivity contribution < 1.29 is 4.42 Å². The molecule has 0 unspecified atom stereocenters. The van der Waals surface area contributed by atoms with E-state index in [-0.39, 0.29) is 0 Å². The summed E-state index contributed by atoms with van der Waals surface area (Å²) in [6, 6.07) is 84.9. The van der Waals surface area contributed by atoms with Gasteiger partial charge in [0.1, 0.15) is 11.4 Å². The Labute approximate surface area is 394 Å². The number of aromatic nitrogens is 1. The Kier molecular flexibility index (Phi) is 10.3. The smallest absolute Gasteiger partial charge is 0.160 e. The molecular weight excluding hydrogens is 829 g/mol. The lowest BCUT2D eigenvalue weighted by atomic mass is 9.88. The van der Waals surface area contributed by atoms with Crippen molar-refractivity contribution >= 4 is 55.4 Å². The van der Waals surface area contributed by atoms with Crippen molar-refractivity contribution in [2.45, 2.75) is 6.54 Å². The summed E-state index contributed by atoms with van der Waals surface area (Å²) in [5, 5.41) is 4.48. The predicted molar refractivity (Wildman–Crippen MR) is 284 cm³/mol. The van der Waals surface area contributed by atoms with Gasteiger partial charge in [-0.05, 0) is 98.6 Å². The van der Waals surface area contributed by atoms with E-state index in [1.54, 1.807) is 0 Å². The van der Waals surface area contributed by atoms with Crippen LogP contribution < -0.4 is 5.73 Å².